The van der Waals surface area contributed by atoms with E-state index in [0.29, 0.717) is 25.7 Å². The zero-order valence-corrected chi connectivity index (χ0v) is 63.8. The van der Waals surface area contributed by atoms with Crippen molar-refractivity contribution in [2.45, 2.75) is 413 Å². The van der Waals surface area contributed by atoms with Crippen LogP contribution in [0.15, 0.2) is 0 Å². The summed E-state index contributed by atoms with van der Waals surface area (Å²) in [4.78, 5) is 72.7. The van der Waals surface area contributed by atoms with Gasteiger partial charge in [0.25, 0.3) is 0 Å². The van der Waals surface area contributed by atoms with Crippen LogP contribution in [-0.2, 0) is 65.4 Å². The third kappa shape index (κ3) is 70.3. The quantitative estimate of drug-likeness (QED) is 0.0222. The molecule has 0 radical (unpaired) electrons. The van der Waals surface area contributed by atoms with Crippen LogP contribution in [-0.4, -0.2) is 96.7 Å². The molecule has 0 amide bonds. The van der Waals surface area contributed by atoms with Crippen LogP contribution in [0.1, 0.15) is 395 Å². The molecule has 0 rings (SSSR count). The monoisotopic (exact) mass is 1400 g/mol. The molecule has 0 fully saturated rings. The molecule has 0 heterocycles. The fraction of sp³-hybridized carbons (Fsp3) is 0.947. The van der Waals surface area contributed by atoms with Gasteiger partial charge in [0.05, 0.1) is 26.4 Å². The maximum Gasteiger partial charge on any atom is 0.472 e. The largest absolute Gasteiger partial charge is 0.472 e. The molecule has 0 aliphatic heterocycles. The highest BCUT2D eigenvalue weighted by atomic mass is 31.2. The molecule has 3 N–H and O–H groups in total. The van der Waals surface area contributed by atoms with Crippen LogP contribution in [0.4, 0.5) is 0 Å². The summed E-state index contributed by atoms with van der Waals surface area (Å²) < 4.78 is 68.4. The summed E-state index contributed by atoms with van der Waals surface area (Å²) in [5.74, 6) is -0.558. The van der Waals surface area contributed by atoms with E-state index in [-0.39, 0.29) is 25.7 Å². The molecular weight excluding hydrogens is 1250 g/mol. The molecule has 0 aromatic carbocycles. The maximum absolute atomic E-state index is 13.1. The molecule has 5 atom stereocenters. The number of esters is 4. The molecule has 19 heteroatoms. The first kappa shape index (κ1) is 93.1. The van der Waals surface area contributed by atoms with Gasteiger partial charge >= 0.3 is 39.5 Å². The van der Waals surface area contributed by atoms with Crippen LogP contribution in [0.25, 0.3) is 0 Å². The lowest BCUT2D eigenvalue weighted by Crippen LogP contribution is -2.30. The average Bonchev–Trinajstić information content (AvgIpc) is 1.76. The van der Waals surface area contributed by atoms with Crippen molar-refractivity contribution in [2.24, 2.45) is 11.8 Å². The van der Waals surface area contributed by atoms with E-state index in [2.05, 4.69) is 41.5 Å². The van der Waals surface area contributed by atoms with Gasteiger partial charge in [-0.25, -0.2) is 9.13 Å². The Morgan fingerprint density at radius 3 is 0.716 bits per heavy atom. The van der Waals surface area contributed by atoms with Crippen molar-refractivity contribution < 1.29 is 80.2 Å². The van der Waals surface area contributed by atoms with Gasteiger partial charge in [-0.2, -0.15) is 0 Å². The minimum absolute atomic E-state index is 0.106. The van der Waals surface area contributed by atoms with Crippen molar-refractivity contribution in [1.82, 2.24) is 0 Å². The summed E-state index contributed by atoms with van der Waals surface area (Å²) in [6, 6.07) is 0. The van der Waals surface area contributed by atoms with E-state index in [4.69, 9.17) is 37.0 Å². The Hall–Kier alpha value is -1.94. The number of aliphatic hydroxyl groups is 1. The van der Waals surface area contributed by atoms with Gasteiger partial charge < -0.3 is 33.8 Å². The summed E-state index contributed by atoms with van der Waals surface area (Å²) in [7, 11) is -9.91. The summed E-state index contributed by atoms with van der Waals surface area (Å²) in [6.07, 6.45) is 55.6. The van der Waals surface area contributed by atoms with E-state index in [0.717, 1.165) is 115 Å². The number of hydrogen-bond donors (Lipinski definition) is 3. The summed E-state index contributed by atoms with van der Waals surface area (Å²) in [5, 5.41) is 10.6. The van der Waals surface area contributed by atoms with E-state index < -0.39 is 97.5 Å². The highest BCUT2D eigenvalue weighted by Crippen LogP contribution is 2.45. The number of aliphatic hydroxyl groups excluding tert-OH is 1. The van der Waals surface area contributed by atoms with E-state index in [1.165, 1.54) is 199 Å². The number of rotatable bonds is 75. The van der Waals surface area contributed by atoms with E-state index in [9.17, 15) is 43.2 Å². The van der Waals surface area contributed by atoms with Crippen molar-refractivity contribution in [3.63, 3.8) is 0 Å². The van der Waals surface area contributed by atoms with Crippen molar-refractivity contribution in [3.05, 3.63) is 0 Å². The van der Waals surface area contributed by atoms with Gasteiger partial charge in [-0.15, -0.1) is 0 Å². The lowest BCUT2D eigenvalue weighted by Gasteiger charge is -2.21. The van der Waals surface area contributed by atoms with Gasteiger partial charge in [-0.1, -0.05) is 343 Å². The molecule has 0 aliphatic rings. The zero-order valence-electron chi connectivity index (χ0n) is 62.0. The topological polar surface area (TPSA) is 237 Å². The van der Waals surface area contributed by atoms with Gasteiger partial charge in [0, 0.05) is 25.7 Å². The molecule has 564 valence electrons. The number of phosphoric acid groups is 2. The molecule has 0 saturated heterocycles. The standard InChI is InChI=1S/C76H148O17P2/c1-7-9-11-13-15-16-17-18-19-20-21-25-30-35-41-47-53-59-74(79)87-65-72(93-75(80)60-54-48-42-36-31-26-23-22-24-28-33-39-44-50-56-68(3)4)67-91-95(84,85)89-63-70(77)62-88-94(82,83)90-66-71(64-86-73(78)58-52-46-38-14-12-10-8-2)92-76(81)61-55-49-43-37-32-27-29-34-40-45-51-57-69(5)6/h68-72,77H,7-67H2,1-6H3,(H,82,83)(H,84,85)/t70-,71+,72+/m0/s1. The predicted octanol–water partition coefficient (Wildman–Crippen LogP) is 22.3. The lowest BCUT2D eigenvalue weighted by atomic mass is 10.0. The normalized spacial score (nSPS) is 14.0. The molecule has 2 unspecified atom stereocenters. The van der Waals surface area contributed by atoms with Gasteiger partial charge in [-0.05, 0) is 37.5 Å². The van der Waals surface area contributed by atoms with E-state index in [1.54, 1.807) is 0 Å². The number of carbonyl (C=O) groups excluding carboxylic acids is 4. The molecule has 0 aromatic rings. The second kappa shape index (κ2) is 67.9. The van der Waals surface area contributed by atoms with Crippen LogP contribution < -0.4 is 0 Å². The smallest absolute Gasteiger partial charge is 0.462 e. The number of ether oxygens (including phenoxy) is 4. The second-order valence-electron chi connectivity index (χ2n) is 28.3. The minimum Gasteiger partial charge on any atom is -0.462 e. The van der Waals surface area contributed by atoms with Gasteiger partial charge in [0.15, 0.2) is 12.2 Å². The molecule has 0 spiro atoms. The SMILES string of the molecule is CCCCCCCCCCCCCCCCCCCC(=O)OC[C@H](COP(=O)(O)OC[C@@H](O)COP(=O)(O)OC[C@@H](COC(=O)CCCCCCCCC)OC(=O)CCCCCCCCCCCCCC(C)C)OC(=O)CCCCCCCCCCCCCCCCC(C)C. The molecule has 0 aliphatic carbocycles. The molecule has 17 nitrogen and oxygen atoms in total. The third-order valence-electron chi connectivity index (χ3n) is 17.7. The maximum atomic E-state index is 13.1. The van der Waals surface area contributed by atoms with Gasteiger partial charge in [0.1, 0.15) is 19.3 Å². The first-order chi connectivity index (χ1) is 45.9. The van der Waals surface area contributed by atoms with Gasteiger partial charge in [-0.3, -0.25) is 37.3 Å². The number of hydrogen-bond acceptors (Lipinski definition) is 15. The number of phosphoric ester groups is 2. The van der Waals surface area contributed by atoms with Crippen molar-refractivity contribution in [3.8, 4) is 0 Å². The van der Waals surface area contributed by atoms with E-state index in [1.807, 2.05) is 0 Å². The Bertz CT molecular complexity index is 1840. The Balaban J connectivity index is 5.20. The molecule has 95 heavy (non-hydrogen) atoms. The highest BCUT2D eigenvalue weighted by molar-refractivity contribution is 7.47. The molecule has 0 aromatic heterocycles. The predicted molar refractivity (Wildman–Crippen MR) is 386 cm³/mol. The average molecular weight is 1400 g/mol. The fourth-order valence-electron chi connectivity index (χ4n) is 11.7. The van der Waals surface area contributed by atoms with Crippen LogP contribution in [0, 0.1) is 11.8 Å². The Kier molecular flexibility index (Phi) is 66.5. The first-order valence-corrected chi connectivity index (χ1v) is 42.5. The van der Waals surface area contributed by atoms with Crippen LogP contribution >= 0.6 is 15.6 Å². The summed E-state index contributed by atoms with van der Waals surface area (Å²) in [6.45, 7) is 9.58. The Morgan fingerprint density at radius 2 is 0.484 bits per heavy atom. The van der Waals surface area contributed by atoms with E-state index >= 15 is 0 Å². The Morgan fingerprint density at radius 1 is 0.284 bits per heavy atom. The summed E-state index contributed by atoms with van der Waals surface area (Å²) >= 11 is 0. The highest BCUT2D eigenvalue weighted by Gasteiger charge is 2.30. The number of unbranched alkanes of at least 4 members (excludes halogenated alkanes) is 45. The molecule has 0 bridgehead atoms. The Labute approximate surface area is 581 Å². The van der Waals surface area contributed by atoms with Crippen LogP contribution in [0.2, 0.25) is 0 Å². The fourth-order valence-corrected chi connectivity index (χ4v) is 13.2. The zero-order chi connectivity index (χ0) is 70.0. The van der Waals surface area contributed by atoms with Crippen LogP contribution in [0.3, 0.4) is 0 Å². The third-order valence-corrected chi connectivity index (χ3v) is 19.6. The van der Waals surface area contributed by atoms with Gasteiger partial charge in [0.2, 0.25) is 0 Å². The minimum atomic E-state index is -4.96. The second-order valence-corrected chi connectivity index (χ2v) is 31.3. The number of carbonyl (C=O) groups is 4. The van der Waals surface area contributed by atoms with Crippen molar-refractivity contribution in [2.75, 3.05) is 39.6 Å². The first-order valence-electron chi connectivity index (χ1n) is 39.5. The van der Waals surface area contributed by atoms with Crippen LogP contribution in [0.5, 0.6) is 0 Å². The van der Waals surface area contributed by atoms with Crippen molar-refractivity contribution in [1.29, 1.82) is 0 Å². The lowest BCUT2D eigenvalue weighted by molar-refractivity contribution is -0.161. The molecule has 0 saturated carbocycles. The van der Waals surface area contributed by atoms with Crippen molar-refractivity contribution >= 4 is 39.5 Å². The molecular formula is C76H148O17P2. The summed E-state index contributed by atoms with van der Waals surface area (Å²) in [5.41, 5.74) is 0.